The van der Waals surface area contributed by atoms with E-state index in [2.05, 4.69) is 5.32 Å². The fraction of sp³-hybridized carbons (Fsp3) is 0.222. The second-order valence-corrected chi connectivity index (χ2v) is 5.96. The number of nitro benzene ring substituents is 1. The summed E-state index contributed by atoms with van der Waals surface area (Å²) >= 11 is 0. The van der Waals surface area contributed by atoms with Crippen LogP contribution in [-0.4, -0.2) is 47.8 Å². The molecule has 1 N–H and O–H groups in total. The number of nitrogens with zero attached hydrogens (tertiary/aromatic N) is 3. The number of anilines is 2. The van der Waals surface area contributed by atoms with E-state index in [1.54, 1.807) is 23.1 Å². The topological polar surface area (TPSA) is 95.8 Å². The van der Waals surface area contributed by atoms with Gasteiger partial charge in [-0.1, -0.05) is 24.3 Å². The van der Waals surface area contributed by atoms with Crippen LogP contribution in [0.2, 0.25) is 0 Å². The third kappa shape index (κ3) is 4.02. The predicted molar refractivity (Wildman–Crippen MR) is 96.9 cm³/mol. The second kappa shape index (κ2) is 7.81. The fourth-order valence-electron chi connectivity index (χ4n) is 2.92. The molecular formula is C18H17FN4O4. The van der Waals surface area contributed by atoms with Crippen molar-refractivity contribution in [2.45, 2.75) is 0 Å². The van der Waals surface area contributed by atoms with E-state index in [0.29, 0.717) is 18.8 Å². The van der Waals surface area contributed by atoms with Crippen molar-refractivity contribution >= 4 is 28.9 Å². The third-order valence-electron chi connectivity index (χ3n) is 4.30. The number of benzene rings is 2. The molecule has 1 saturated heterocycles. The first-order valence-corrected chi connectivity index (χ1v) is 8.30. The van der Waals surface area contributed by atoms with Crippen molar-refractivity contribution in [3.8, 4) is 0 Å². The minimum Gasteiger partial charge on any atom is -0.366 e. The van der Waals surface area contributed by atoms with Gasteiger partial charge in [0.25, 0.3) is 5.69 Å². The molecule has 9 heteroatoms. The number of para-hydroxylation sites is 3. The zero-order valence-corrected chi connectivity index (χ0v) is 14.3. The molecule has 2 aromatic carbocycles. The molecule has 1 fully saturated rings. The standard InChI is InChI=1S/C18H17FN4O4/c19-13-5-1-3-7-15(13)21-9-11-22(12-10-21)18(25)17(24)20-14-6-2-4-8-16(14)23(26)27/h1-8H,9-12H2,(H,20,24). The Kier molecular flexibility index (Phi) is 5.30. The highest BCUT2D eigenvalue weighted by atomic mass is 19.1. The van der Waals surface area contributed by atoms with Gasteiger partial charge in [0.05, 0.1) is 10.6 Å². The van der Waals surface area contributed by atoms with E-state index < -0.39 is 16.7 Å². The van der Waals surface area contributed by atoms with Gasteiger partial charge in [-0.15, -0.1) is 0 Å². The molecule has 1 heterocycles. The van der Waals surface area contributed by atoms with E-state index in [-0.39, 0.29) is 30.3 Å². The Labute approximate surface area is 154 Å². The number of carbonyl (C=O) groups is 2. The van der Waals surface area contributed by atoms with E-state index in [1.165, 1.54) is 35.2 Å². The van der Waals surface area contributed by atoms with Crippen LogP contribution in [0.1, 0.15) is 0 Å². The Morgan fingerprint density at radius 3 is 2.30 bits per heavy atom. The Balaban J connectivity index is 1.62. The van der Waals surface area contributed by atoms with Crippen molar-refractivity contribution in [1.82, 2.24) is 4.90 Å². The maximum atomic E-state index is 13.9. The van der Waals surface area contributed by atoms with Crippen LogP contribution in [0, 0.1) is 15.9 Å². The highest BCUT2D eigenvalue weighted by Gasteiger charge is 2.28. The van der Waals surface area contributed by atoms with Gasteiger partial charge >= 0.3 is 11.8 Å². The number of amides is 2. The lowest BCUT2D eigenvalue weighted by Crippen LogP contribution is -2.51. The minimum atomic E-state index is -0.941. The van der Waals surface area contributed by atoms with Gasteiger partial charge in [0.2, 0.25) is 0 Å². The molecule has 1 aliphatic rings. The summed E-state index contributed by atoms with van der Waals surface area (Å²) in [5.74, 6) is -2.06. The molecule has 0 saturated carbocycles. The van der Waals surface area contributed by atoms with Crippen LogP contribution < -0.4 is 10.2 Å². The quantitative estimate of drug-likeness (QED) is 0.505. The van der Waals surface area contributed by atoms with Crippen molar-refractivity contribution in [3.63, 3.8) is 0 Å². The molecular weight excluding hydrogens is 355 g/mol. The van der Waals surface area contributed by atoms with Gasteiger partial charge in [0.1, 0.15) is 11.5 Å². The van der Waals surface area contributed by atoms with Crippen LogP contribution in [-0.2, 0) is 9.59 Å². The van der Waals surface area contributed by atoms with Crippen molar-refractivity contribution < 1.29 is 18.9 Å². The number of halogens is 1. The summed E-state index contributed by atoms with van der Waals surface area (Å²) in [6, 6.07) is 12.0. The van der Waals surface area contributed by atoms with Crippen molar-refractivity contribution in [1.29, 1.82) is 0 Å². The summed E-state index contributed by atoms with van der Waals surface area (Å²) in [5.41, 5.74) is 0.128. The minimum absolute atomic E-state index is 0.0363. The lowest BCUT2D eigenvalue weighted by Gasteiger charge is -2.35. The molecule has 0 radical (unpaired) electrons. The number of piperazine rings is 1. The normalized spacial score (nSPS) is 14.0. The van der Waals surface area contributed by atoms with E-state index in [9.17, 15) is 24.1 Å². The van der Waals surface area contributed by atoms with E-state index >= 15 is 0 Å². The maximum Gasteiger partial charge on any atom is 0.314 e. The largest absolute Gasteiger partial charge is 0.366 e. The Hall–Kier alpha value is -3.49. The van der Waals surface area contributed by atoms with Gasteiger partial charge in [-0.25, -0.2) is 4.39 Å². The van der Waals surface area contributed by atoms with Gasteiger partial charge in [-0.3, -0.25) is 19.7 Å². The molecule has 0 unspecified atom stereocenters. The predicted octanol–water partition coefficient (Wildman–Crippen LogP) is 2.02. The third-order valence-corrected chi connectivity index (χ3v) is 4.30. The molecule has 3 rings (SSSR count). The van der Waals surface area contributed by atoms with Crippen LogP contribution in [0.15, 0.2) is 48.5 Å². The number of nitro groups is 1. The SMILES string of the molecule is O=C(Nc1ccccc1[N+](=O)[O-])C(=O)N1CCN(c2ccccc2F)CC1. The summed E-state index contributed by atoms with van der Waals surface area (Å²) in [6.45, 7) is 1.26. The van der Waals surface area contributed by atoms with E-state index in [4.69, 9.17) is 0 Å². The molecule has 27 heavy (non-hydrogen) atoms. The Morgan fingerprint density at radius 2 is 1.63 bits per heavy atom. The number of rotatable bonds is 3. The highest BCUT2D eigenvalue weighted by Crippen LogP contribution is 2.23. The smallest absolute Gasteiger partial charge is 0.314 e. The van der Waals surface area contributed by atoms with E-state index in [0.717, 1.165) is 0 Å². The van der Waals surface area contributed by atoms with Gasteiger partial charge in [0, 0.05) is 32.2 Å². The van der Waals surface area contributed by atoms with Gasteiger partial charge in [-0.2, -0.15) is 0 Å². The van der Waals surface area contributed by atoms with Crippen LogP contribution in [0.5, 0.6) is 0 Å². The summed E-state index contributed by atoms with van der Waals surface area (Å²) in [6.07, 6.45) is 0. The first-order chi connectivity index (χ1) is 13.0. The number of hydrogen-bond acceptors (Lipinski definition) is 5. The molecule has 0 atom stereocenters. The number of carbonyl (C=O) groups excluding carboxylic acids is 2. The molecule has 0 aromatic heterocycles. The van der Waals surface area contributed by atoms with Crippen LogP contribution in [0.4, 0.5) is 21.5 Å². The van der Waals surface area contributed by atoms with Gasteiger partial charge in [0.15, 0.2) is 0 Å². The molecule has 2 aromatic rings. The first-order valence-electron chi connectivity index (χ1n) is 8.30. The van der Waals surface area contributed by atoms with Gasteiger partial charge < -0.3 is 15.1 Å². The van der Waals surface area contributed by atoms with E-state index in [1.807, 2.05) is 0 Å². The van der Waals surface area contributed by atoms with Crippen LogP contribution in [0.25, 0.3) is 0 Å². The fourth-order valence-corrected chi connectivity index (χ4v) is 2.92. The number of nitrogens with one attached hydrogen (secondary N) is 1. The van der Waals surface area contributed by atoms with Crippen LogP contribution in [0.3, 0.4) is 0 Å². The molecule has 0 aliphatic carbocycles. The average Bonchev–Trinajstić information content (AvgIpc) is 2.68. The Morgan fingerprint density at radius 1 is 1.00 bits per heavy atom. The zero-order valence-electron chi connectivity index (χ0n) is 14.3. The molecule has 0 spiro atoms. The maximum absolute atomic E-state index is 13.9. The monoisotopic (exact) mass is 372 g/mol. The lowest BCUT2D eigenvalue weighted by molar-refractivity contribution is -0.383. The lowest BCUT2D eigenvalue weighted by atomic mass is 10.2. The summed E-state index contributed by atoms with van der Waals surface area (Å²) in [4.78, 5) is 38.1. The Bertz CT molecular complexity index is 881. The van der Waals surface area contributed by atoms with Crippen LogP contribution >= 0.6 is 0 Å². The molecule has 2 amide bonds. The second-order valence-electron chi connectivity index (χ2n) is 5.96. The summed E-state index contributed by atoms with van der Waals surface area (Å²) in [7, 11) is 0. The molecule has 0 bridgehead atoms. The first kappa shape index (κ1) is 18.3. The van der Waals surface area contributed by atoms with Crippen molar-refractivity contribution in [2.24, 2.45) is 0 Å². The average molecular weight is 372 g/mol. The summed E-state index contributed by atoms with van der Waals surface area (Å²) in [5, 5.41) is 13.3. The zero-order chi connectivity index (χ0) is 19.4. The number of hydrogen-bond donors (Lipinski definition) is 1. The molecule has 8 nitrogen and oxygen atoms in total. The van der Waals surface area contributed by atoms with Crippen molar-refractivity contribution in [3.05, 3.63) is 64.5 Å². The molecule has 1 aliphatic heterocycles. The van der Waals surface area contributed by atoms with Gasteiger partial charge in [-0.05, 0) is 18.2 Å². The molecule has 140 valence electrons. The van der Waals surface area contributed by atoms with Crippen molar-refractivity contribution in [2.75, 3.05) is 36.4 Å². The summed E-state index contributed by atoms with van der Waals surface area (Å²) < 4.78 is 13.9. The highest BCUT2D eigenvalue weighted by molar-refractivity contribution is 6.39.